The Kier molecular flexibility index (Phi) is 4.65. The van der Waals surface area contributed by atoms with E-state index >= 15 is 0 Å². The van der Waals surface area contributed by atoms with E-state index in [4.69, 9.17) is 5.26 Å². The van der Waals surface area contributed by atoms with E-state index in [9.17, 15) is 0 Å². The zero-order valence-electron chi connectivity index (χ0n) is 7.79. The number of aliphatic imine (C=N–C) groups is 1. The molecule has 0 atom stereocenters. The van der Waals surface area contributed by atoms with Gasteiger partial charge in [0.25, 0.3) is 0 Å². The Morgan fingerprint density at radius 2 is 2.15 bits per heavy atom. The van der Waals surface area contributed by atoms with Gasteiger partial charge in [-0.15, -0.1) is 4.99 Å². The summed E-state index contributed by atoms with van der Waals surface area (Å²) in [4.78, 5) is 3.67. The highest BCUT2D eigenvalue weighted by molar-refractivity contribution is 8.13. The first-order valence-electron chi connectivity index (χ1n) is 4.39. The van der Waals surface area contributed by atoms with Crippen LogP contribution in [0.4, 0.5) is 0 Å². The van der Waals surface area contributed by atoms with Crippen molar-refractivity contribution < 1.29 is 0 Å². The maximum atomic E-state index is 8.39. The van der Waals surface area contributed by atoms with Crippen LogP contribution in [0.2, 0.25) is 0 Å². The number of hydrogen-bond acceptors (Lipinski definition) is 4. The summed E-state index contributed by atoms with van der Waals surface area (Å²) in [6.45, 7) is 2.09. The second-order valence-corrected chi connectivity index (χ2v) is 3.68. The summed E-state index contributed by atoms with van der Waals surface area (Å²) in [5.41, 5.74) is 3.13. The van der Waals surface area contributed by atoms with Gasteiger partial charge in [-0.25, -0.2) is 5.01 Å². The normalized spacial score (nSPS) is 19.5. The van der Waals surface area contributed by atoms with Crippen LogP contribution in [0.1, 0.15) is 19.3 Å². The highest BCUT2D eigenvalue weighted by Gasteiger charge is 2.10. The SMILES string of the molecule is CSC(=NC#N)NN1CCCCC1. The molecule has 1 heterocycles. The predicted molar refractivity (Wildman–Crippen MR) is 55.1 cm³/mol. The maximum Gasteiger partial charge on any atom is 0.208 e. The van der Waals surface area contributed by atoms with Gasteiger partial charge in [-0.3, -0.25) is 5.43 Å². The van der Waals surface area contributed by atoms with Gasteiger partial charge in [0.15, 0.2) is 5.17 Å². The van der Waals surface area contributed by atoms with Crippen LogP contribution in [0.15, 0.2) is 4.99 Å². The van der Waals surface area contributed by atoms with Crippen LogP contribution in [0.5, 0.6) is 0 Å². The van der Waals surface area contributed by atoms with Crippen molar-refractivity contribution in [2.24, 2.45) is 4.99 Å². The van der Waals surface area contributed by atoms with E-state index in [0.717, 1.165) is 13.1 Å². The molecule has 13 heavy (non-hydrogen) atoms. The average Bonchev–Trinajstić information content (AvgIpc) is 2.19. The average molecular weight is 198 g/mol. The topological polar surface area (TPSA) is 51.4 Å². The lowest BCUT2D eigenvalue weighted by Crippen LogP contribution is -2.43. The maximum absolute atomic E-state index is 8.39. The zero-order chi connectivity index (χ0) is 9.52. The Balaban J connectivity index is 2.37. The van der Waals surface area contributed by atoms with Crippen LogP contribution in [-0.2, 0) is 0 Å². The molecule has 4 nitrogen and oxygen atoms in total. The van der Waals surface area contributed by atoms with Gasteiger partial charge in [0.1, 0.15) is 0 Å². The van der Waals surface area contributed by atoms with E-state index in [-0.39, 0.29) is 0 Å². The fourth-order valence-corrected chi connectivity index (χ4v) is 1.66. The Labute approximate surface area is 83.0 Å². The molecule has 1 aliphatic heterocycles. The first kappa shape index (κ1) is 10.4. The van der Waals surface area contributed by atoms with E-state index in [2.05, 4.69) is 15.4 Å². The van der Waals surface area contributed by atoms with Gasteiger partial charge >= 0.3 is 0 Å². The summed E-state index contributed by atoms with van der Waals surface area (Å²) in [6.07, 6.45) is 7.45. The van der Waals surface area contributed by atoms with E-state index < -0.39 is 0 Å². The van der Waals surface area contributed by atoms with Crippen molar-refractivity contribution in [2.45, 2.75) is 19.3 Å². The minimum Gasteiger partial charge on any atom is -0.297 e. The second-order valence-electron chi connectivity index (χ2n) is 2.88. The summed E-state index contributed by atoms with van der Waals surface area (Å²) < 4.78 is 0. The quantitative estimate of drug-likeness (QED) is 0.390. The molecule has 0 aromatic carbocycles. The summed E-state index contributed by atoms with van der Waals surface area (Å²) in [5, 5.41) is 11.2. The molecule has 0 aromatic heterocycles. The van der Waals surface area contributed by atoms with Crippen molar-refractivity contribution >= 4 is 16.9 Å². The molecule has 5 heteroatoms. The second kappa shape index (κ2) is 5.84. The third-order valence-electron chi connectivity index (χ3n) is 1.95. The number of amidine groups is 1. The first-order valence-corrected chi connectivity index (χ1v) is 5.61. The number of nitriles is 1. The highest BCUT2D eigenvalue weighted by atomic mass is 32.2. The molecule has 1 rings (SSSR count). The van der Waals surface area contributed by atoms with Crippen LogP contribution < -0.4 is 5.43 Å². The molecular formula is C8H14N4S. The molecule has 1 N–H and O–H groups in total. The van der Waals surface area contributed by atoms with Gasteiger partial charge in [-0.05, 0) is 19.1 Å². The van der Waals surface area contributed by atoms with Crippen molar-refractivity contribution in [1.82, 2.24) is 10.4 Å². The fraction of sp³-hybridized carbons (Fsp3) is 0.750. The van der Waals surface area contributed by atoms with Crippen molar-refractivity contribution in [1.29, 1.82) is 5.26 Å². The molecular weight excluding hydrogens is 184 g/mol. The number of nitrogens with zero attached hydrogens (tertiary/aromatic N) is 3. The van der Waals surface area contributed by atoms with Gasteiger partial charge < -0.3 is 0 Å². The van der Waals surface area contributed by atoms with E-state index in [1.807, 2.05) is 6.26 Å². The zero-order valence-corrected chi connectivity index (χ0v) is 8.60. The molecule has 0 aliphatic carbocycles. The summed E-state index contributed by atoms with van der Waals surface area (Å²) in [6, 6.07) is 0. The first-order chi connectivity index (χ1) is 6.36. The van der Waals surface area contributed by atoms with Crippen molar-refractivity contribution in [3.63, 3.8) is 0 Å². The predicted octanol–water partition coefficient (Wildman–Crippen LogP) is 1.18. The van der Waals surface area contributed by atoms with Crippen molar-refractivity contribution in [3.05, 3.63) is 0 Å². The monoisotopic (exact) mass is 198 g/mol. The minimum atomic E-state index is 0.685. The number of thioether (sulfide) groups is 1. The molecule has 0 saturated carbocycles. The Morgan fingerprint density at radius 3 is 2.69 bits per heavy atom. The Hall–Kier alpha value is -0.730. The van der Waals surface area contributed by atoms with E-state index in [1.54, 1.807) is 6.19 Å². The fourth-order valence-electron chi connectivity index (χ4n) is 1.30. The lowest BCUT2D eigenvalue weighted by atomic mass is 10.2. The Bertz CT molecular complexity index is 215. The molecule has 1 fully saturated rings. The Morgan fingerprint density at radius 1 is 1.46 bits per heavy atom. The van der Waals surface area contributed by atoms with Gasteiger partial charge in [0.2, 0.25) is 6.19 Å². The molecule has 72 valence electrons. The van der Waals surface area contributed by atoms with Crippen LogP contribution in [-0.4, -0.2) is 29.5 Å². The molecule has 0 aromatic rings. The number of hydrazine groups is 1. The van der Waals surface area contributed by atoms with Crippen LogP contribution in [0, 0.1) is 11.5 Å². The van der Waals surface area contributed by atoms with Crippen LogP contribution in [0.3, 0.4) is 0 Å². The number of rotatable bonds is 1. The molecule has 1 saturated heterocycles. The summed E-state index contributed by atoms with van der Waals surface area (Å²) in [7, 11) is 0. The lowest BCUT2D eigenvalue weighted by molar-refractivity contribution is 0.196. The summed E-state index contributed by atoms with van der Waals surface area (Å²) in [5.74, 6) is 0. The van der Waals surface area contributed by atoms with Gasteiger partial charge in [0, 0.05) is 13.1 Å². The van der Waals surface area contributed by atoms with E-state index in [0.29, 0.717) is 5.17 Å². The smallest absolute Gasteiger partial charge is 0.208 e. The van der Waals surface area contributed by atoms with Gasteiger partial charge in [-0.2, -0.15) is 5.26 Å². The minimum absolute atomic E-state index is 0.685. The van der Waals surface area contributed by atoms with Gasteiger partial charge in [-0.1, -0.05) is 18.2 Å². The van der Waals surface area contributed by atoms with Crippen LogP contribution >= 0.6 is 11.8 Å². The van der Waals surface area contributed by atoms with E-state index in [1.165, 1.54) is 31.0 Å². The molecule has 0 amide bonds. The third kappa shape index (κ3) is 3.66. The standard InChI is InChI=1S/C8H14N4S/c1-13-8(10-7-9)11-12-5-3-2-4-6-12/h2-6H2,1H3,(H,10,11). The lowest BCUT2D eigenvalue weighted by Gasteiger charge is -2.27. The van der Waals surface area contributed by atoms with Crippen molar-refractivity contribution in [2.75, 3.05) is 19.3 Å². The number of piperidine rings is 1. The largest absolute Gasteiger partial charge is 0.297 e. The molecule has 0 spiro atoms. The molecule has 1 aliphatic rings. The molecule has 0 unspecified atom stereocenters. The number of nitrogens with one attached hydrogen (secondary N) is 1. The highest BCUT2D eigenvalue weighted by Crippen LogP contribution is 2.07. The molecule has 0 radical (unpaired) electrons. The molecule has 0 bridgehead atoms. The van der Waals surface area contributed by atoms with Crippen molar-refractivity contribution in [3.8, 4) is 6.19 Å². The summed E-state index contributed by atoms with van der Waals surface area (Å²) >= 11 is 1.46. The van der Waals surface area contributed by atoms with Gasteiger partial charge in [0.05, 0.1) is 0 Å². The van der Waals surface area contributed by atoms with Crippen LogP contribution in [0.25, 0.3) is 0 Å². The third-order valence-corrected chi connectivity index (χ3v) is 2.52. The number of hydrogen-bond donors (Lipinski definition) is 1.